The number of likely N-dealkylation sites (tertiary alicyclic amines) is 1. The molecule has 0 aliphatic carbocycles. The van der Waals surface area contributed by atoms with Crippen molar-refractivity contribution >= 4 is 27.2 Å². The maximum atomic E-state index is 12.3. The molecule has 0 bridgehead atoms. The zero-order valence-corrected chi connectivity index (χ0v) is 17.9. The molecule has 0 amide bonds. The van der Waals surface area contributed by atoms with Crippen LogP contribution in [0.25, 0.3) is 10.1 Å². The van der Waals surface area contributed by atoms with E-state index in [-0.39, 0.29) is 18.2 Å². The summed E-state index contributed by atoms with van der Waals surface area (Å²) >= 11 is 1.33. The first kappa shape index (κ1) is 20.8. The lowest BCUT2D eigenvalue weighted by Gasteiger charge is -2.39. The third-order valence-corrected chi connectivity index (χ3v) is 6.82. The number of halogens is 1. The number of nitrogens with zero attached hydrogens (tertiary/aromatic N) is 1. The largest absolute Gasteiger partial charge is 0.508 e. The molecule has 2 heterocycles. The van der Waals surface area contributed by atoms with E-state index in [1.54, 1.807) is 18.2 Å². The molecular formula is C24H26FNO3S. The molecule has 0 saturated carbocycles. The van der Waals surface area contributed by atoms with Gasteiger partial charge in [0, 0.05) is 30.1 Å². The van der Waals surface area contributed by atoms with Crippen molar-refractivity contribution in [2.24, 2.45) is 5.92 Å². The molecule has 0 unspecified atom stereocenters. The Morgan fingerprint density at radius 1 is 1.23 bits per heavy atom. The molecule has 1 fully saturated rings. The normalized spacial score (nSPS) is 14.7. The smallest absolute Gasteiger partial charge is 0.173 e. The number of ketones is 1. The van der Waals surface area contributed by atoms with Gasteiger partial charge in [-0.05, 0) is 67.6 Å². The highest BCUT2D eigenvalue weighted by molar-refractivity contribution is 7.21. The van der Waals surface area contributed by atoms with E-state index in [9.17, 15) is 14.3 Å². The predicted octanol–water partition coefficient (Wildman–Crippen LogP) is 5.83. The summed E-state index contributed by atoms with van der Waals surface area (Å²) in [5, 5.41) is 10.5. The SMILES string of the molecule is CC(=O)c1sc2cc(O)ccc2c1Oc1ccc(CCCN2CC(CCF)C2)cc1. The van der Waals surface area contributed by atoms with Gasteiger partial charge in [0.15, 0.2) is 11.5 Å². The summed E-state index contributed by atoms with van der Waals surface area (Å²) in [6.07, 6.45) is 2.77. The van der Waals surface area contributed by atoms with Crippen molar-refractivity contribution in [2.45, 2.75) is 26.2 Å². The van der Waals surface area contributed by atoms with Gasteiger partial charge in [-0.1, -0.05) is 12.1 Å². The van der Waals surface area contributed by atoms with Crippen LogP contribution in [0.4, 0.5) is 4.39 Å². The van der Waals surface area contributed by atoms with Gasteiger partial charge in [-0.3, -0.25) is 9.18 Å². The average molecular weight is 428 g/mol. The third-order valence-electron chi connectivity index (χ3n) is 5.58. The van der Waals surface area contributed by atoms with Gasteiger partial charge in [-0.2, -0.15) is 0 Å². The number of alkyl halides is 1. The Hall–Kier alpha value is -2.44. The minimum Gasteiger partial charge on any atom is -0.508 e. The number of carbonyl (C=O) groups excluding carboxylic acids is 1. The minimum atomic E-state index is -0.204. The first-order valence-electron chi connectivity index (χ1n) is 10.3. The number of thiophene rings is 1. The number of fused-ring (bicyclic) bond motifs is 1. The number of hydrogen-bond donors (Lipinski definition) is 1. The second-order valence-electron chi connectivity index (χ2n) is 7.95. The molecule has 30 heavy (non-hydrogen) atoms. The minimum absolute atomic E-state index is 0.0537. The molecule has 4 rings (SSSR count). The number of aromatic hydroxyl groups is 1. The van der Waals surface area contributed by atoms with E-state index < -0.39 is 0 Å². The second kappa shape index (κ2) is 9.14. The van der Waals surface area contributed by atoms with Crippen molar-refractivity contribution < 1.29 is 19.0 Å². The number of Topliss-reactive ketones (excluding diaryl/α,β-unsaturated/α-hetero) is 1. The van der Waals surface area contributed by atoms with E-state index in [1.807, 2.05) is 12.1 Å². The highest BCUT2D eigenvalue weighted by Gasteiger charge is 2.25. The monoisotopic (exact) mass is 427 g/mol. The third kappa shape index (κ3) is 4.65. The standard InChI is InChI=1S/C24H26FNO3S/c1-16(27)24-23(21-9-6-19(28)13-22(21)30-24)29-20-7-4-17(5-8-20)3-2-12-26-14-18(15-26)10-11-25/h4-9,13,18,28H,2-3,10-12,14-15H2,1H3. The van der Waals surface area contributed by atoms with Gasteiger partial charge in [0.1, 0.15) is 16.4 Å². The van der Waals surface area contributed by atoms with Gasteiger partial charge >= 0.3 is 0 Å². The summed E-state index contributed by atoms with van der Waals surface area (Å²) in [6.45, 7) is 4.43. The summed E-state index contributed by atoms with van der Waals surface area (Å²) < 4.78 is 19.2. The Morgan fingerprint density at radius 2 is 2.00 bits per heavy atom. The van der Waals surface area contributed by atoms with Crippen LogP contribution in [0.1, 0.15) is 35.0 Å². The van der Waals surface area contributed by atoms with E-state index in [1.165, 1.54) is 23.8 Å². The molecule has 2 aromatic carbocycles. The second-order valence-corrected chi connectivity index (χ2v) is 9.00. The molecule has 158 valence electrons. The van der Waals surface area contributed by atoms with Crippen LogP contribution in [0.5, 0.6) is 17.2 Å². The van der Waals surface area contributed by atoms with Crippen LogP contribution < -0.4 is 4.74 Å². The fourth-order valence-corrected chi connectivity index (χ4v) is 5.00. The number of rotatable bonds is 9. The van der Waals surface area contributed by atoms with Gasteiger partial charge in [0.25, 0.3) is 0 Å². The Morgan fingerprint density at radius 3 is 2.70 bits per heavy atom. The van der Waals surface area contributed by atoms with Crippen LogP contribution in [0.3, 0.4) is 0 Å². The topological polar surface area (TPSA) is 49.8 Å². The van der Waals surface area contributed by atoms with Gasteiger partial charge < -0.3 is 14.7 Å². The first-order valence-corrected chi connectivity index (χ1v) is 11.2. The first-order chi connectivity index (χ1) is 14.5. The molecule has 1 N–H and O–H groups in total. The zero-order valence-electron chi connectivity index (χ0n) is 17.1. The zero-order chi connectivity index (χ0) is 21.1. The highest BCUT2D eigenvalue weighted by atomic mass is 32.1. The predicted molar refractivity (Wildman–Crippen MR) is 119 cm³/mol. The number of ether oxygens (including phenoxy) is 1. The Balaban J connectivity index is 1.37. The van der Waals surface area contributed by atoms with E-state index in [2.05, 4.69) is 17.0 Å². The Kier molecular flexibility index (Phi) is 6.35. The molecule has 1 saturated heterocycles. The summed E-state index contributed by atoms with van der Waals surface area (Å²) in [5.74, 6) is 1.90. The van der Waals surface area contributed by atoms with Gasteiger partial charge in [-0.15, -0.1) is 11.3 Å². The van der Waals surface area contributed by atoms with E-state index >= 15 is 0 Å². The van der Waals surface area contributed by atoms with Crippen LogP contribution in [-0.4, -0.2) is 42.1 Å². The quantitative estimate of drug-likeness (QED) is 0.437. The summed E-state index contributed by atoms with van der Waals surface area (Å²) in [4.78, 5) is 15.0. The number of phenols is 1. The van der Waals surface area contributed by atoms with Crippen molar-refractivity contribution in [3.63, 3.8) is 0 Å². The van der Waals surface area contributed by atoms with Crippen LogP contribution >= 0.6 is 11.3 Å². The Bertz CT molecular complexity index is 1020. The van der Waals surface area contributed by atoms with Crippen LogP contribution in [0.2, 0.25) is 0 Å². The van der Waals surface area contributed by atoms with E-state index in [0.717, 1.165) is 42.6 Å². The number of hydrogen-bond acceptors (Lipinski definition) is 5. The Labute approximate surface area is 179 Å². The van der Waals surface area contributed by atoms with Crippen molar-refractivity contribution in [3.8, 4) is 17.2 Å². The summed E-state index contributed by atoms with van der Waals surface area (Å²) in [5.41, 5.74) is 1.25. The van der Waals surface area contributed by atoms with Crippen LogP contribution in [0.15, 0.2) is 42.5 Å². The van der Waals surface area contributed by atoms with Gasteiger partial charge in [0.2, 0.25) is 0 Å². The fourth-order valence-electron chi connectivity index (χ4n) is 3.94. The maximum Gasteiger partial charge on any atom is 0.173 e. The van der Waals surface area contributed by atoms with Crippen molar-refractivity contribution in [3.05, 3.63) is 52.9 Å². The van der Waals surface area contributed by atoms with Crippen LogP contribution in [-0.2, 0) is 6.42 Å². The molecule has 4 nitrogen and oxygen atoms in total. The van der Waals surface area contributed by atoms with E-state index in [4.69, 9.17) is 4.74 Å². The molecule has 0 spiro atoms. The molecule has 0 radical (unpaired) electrons. The highest BCUT2D eigenvalue weighted by Crippen LogP contribution is 2.41. The molecule has 1 aromatic heterocycles. The molecule has 3 aromatic rings. The van der Waals surface area contributed by atoms with Crippen molar-refractivity contribution in [1.29, 1.82) is 0 Å². The number of phenolic OH excluding ortho intramolecular Hbond substituents is 1. The van der Waals surface area contributed by atoms with Crippen LogP contribution in [0, 0.1) is 5.92 Å². The fraction of sp³-hybridized carbons (Fsp3) is 0.375. The van der Waals surface area contributed by atoms with Gasteiger partial charge in [-0.25, -0.2) is 0 Å². The number of benzene rings is 2. The van der Waals surface area contributed by atoms with E-state index in [0.29, 0.717) is 28.7 Å². The molecule has 1 aliphatic heterocycles. The lowest BCUT2D eigenvalue weighted by molar-refractivity contribution is 0.0879. The lowest BCUT2D eigenvalue weighted by atomic mass is 9.96. The average Bonchev–Trinajstić information content (AvgIpc) is 3.05. The lowest BCUT2D eigenvalue weighted by Crippen LogP contribution is -2.47. The van der Waals surface area contributed by atoms with Crippen molar-refractivity contribution in [1.82, 2.24) is 4.90 Å². The number of aryl methyl sites for hydroxylation is 1. The summed E-state index contributed by atoms with van der Waals surface area (Å²) in [7, 11) is 0. The van der Waals surface area contributed by atoms with Gasteiger partial charge in [0.05, 0.1) is 6.67 Å². The number of carbonyl (C=O) groups is 1. The molecular weight excluding hydrogens is 401 g/mol. The summed E-state index contributed by atoms with van der Waals surface area (Å²) in [6, 6.07) is 13.0. The molecule has 0 atom stereocenters. The van der Waals surface area contributed by atoms with Crippen molar-refractivity contribution in [2.75, 3.05) is 26.3 Å². The molecule has 1 aliphatic rings. The molecule has 6 heteroatoms. The maximum absolute atomic E-state index is 12.3.